The van der Waals surface area contributed by atoms with Gasteiger partial charge in [0.1, 0.15) is 0 Å². The van der Waals surface area contributed by atoms with Gasteiger partial charge in [-0.3, -0.25) is 0 Å². The van der Waals surface area contributed by atoms with Crippen molar-refractivity contribution in [2.24, 2.45) is 0 Å². The molecule has 266 valence electrons. The van der Waals surface area contributed by atoms with Gasteiger partial charge in [-0.1, -0.05) is 167 Å². The fourth-order valence-electron chi connectivity index (χ4n) is 9.70. The highest BCUT2D eigenvalue weighted by atomic mass is 14.9. The molecule has 56 heavy (non-hydrogen) atoms. The maximum Gasteiger partial charge on any atom is 0.160 e. The molecule has 0 saturated heterocycles. The Morgan fingerprint density at radius 1 is 0.321 bits per heavy atom. The van der Waals surface area contributed by atoms with Crippen LogP contribution in [0.2, 0.25) is 0 Å². The maximum atomic E-state index is 5.31. The van der Waals surface area contributed by atoms with Gasteiger partial charge in [0.2, 0.25) is 0 Å². The van der Waals surface area contributed by atoms with Crippen LogP contribution in [0.15, 0.2) is 170 Å². The summed E-state index contributed by atoms with van der Waals surface area (Å²) in [4.78, 5) is 10.6. The van der Waals surface area contributed by atoms with Gasteiger partial charge in [-0.2, -0.15) is 0 Å². The van der Waals surface area contributed by atoms with Crippen molar-refractivity contribution >= 4 is 21.5 Å². The average Bonchev–Trinajstić information content (AvgIpc) is 3.62. The van der Waals surface area contributed by atoms with Crippen molar-refractivity contribution in [2.45, 2.75) is 38.5 Å². The van der Waals surface area contributed by atoms with Crippen LogP contribution < -0.4 is 0 Å². The Labute approximate surface area is 328 Å². The zero-order valence-electron chi connectivity index (χ0n) is 32.1. The zero-order valence-corrected chi connectivity index (χ0v) is 32.1. The van der Waals surface area contributed by atoms with Crippen LogP contribution in [0.5, 0.6) is 0 Å². The normalized spacial score (nSPS) is 14.4. The second-order valence-corrected chi connectivity index (χ2v) is 16.6. The van der Waals surface area contributed by atoms with Gasteiger partial charge in [-0.15, -0.1) is 0 Å². The lowest BCUT2D eigenvalue weighted by atomic mass is 9.81. The van der Waals surface area contributed by atoms with Crippen molar-refractivity contribution in [3.8, 4) is 67.3 Å². The SMILES string of the molecule is CC1(C)c2ccccc2-c2c(-c3ccc4cc(-c5cc(-c6cccc7c6-c6cc8ccccc8cc6C7(C)C)nc(-c6ccccc6)n5)ccc4c3)cccc21. The van der Waals surface area contributed by atoms with Crippen molar-refractivity contribution in [3.05, 3.63) is 192 Å². The van der Waals surface area contributed by atoms with E-state index in [-0.39, 0.29) is 10.8 Å². The van der Waals surface area contributed by atoms with Gasteiger partial charge in [0, 0.05) is 27.5 Å². The molecule has 0 amide bonds. The molecule has 2 aliphatic carbocycles. The molecule has 9 aromatic rings. The van der Waals surface area contributed by atoms with E-state index in [0.29, 0.717) is 0 Å². The average molecular weight is 717 g/mol. The molecule has 8 aromatic carbocycles. The Morgan fingerprint density at radius 2 is 0.857 bits per heavy atom. The lowest BCUT2D eigenvalue weighted by molar-refractivity contribution is 0.660. The van der Waals surface area contributed by atoms with Crippen LogP contribution in [0.4, 0.5) is 0 Å². The van der Waals surface area contributed by atoms with Crippen LogP contribution >= 0.6 is 0 Å². The van der Waals surface area contributed by atoms with E-state index in [1.165, 1.54) is 77.2 Å². The van der Waals surface area contributed by atoms with Gasteiger partial charge < -0.3 is 0 Å². The summed E-state index contributed by atoms with van der Waals surface area (Å²) in [5.41, 5.74) is 18.1. The second kappa shape index (κ2) is 11.9. The molecule has 0 unspecified atom stereocenters. The molecule has 2 aliphatic rings. The monoisotopic (exact) mass is 716 g/mol. The summed E-state index contributed by atoms with van der Waals surface area (Å²) < 4.78 is 0. The van der Waals surface area contributed by atoms with E-state index >= 15 is 0 Å². The first-order valence-electron chi connectivity index (χ1n) is 19.7. The van der Waals surface area contributed by atoms with Crippen LogP contribution in [-0.2, 0) is 10.8 Å². The molecule has 0 spiro atoms. The van der Waals surface area contributed by atoms with Crippen LogP contribution in [0.1, 0.15) is 49.9 Å². The van der Waals surface area contributed by atoms with Crippen molar-refractivity contribution in [2.75, 3.05) is 0 Å². The first-order chi connectivity index (χ1) is 27.3. The summed E-state index contributed by atoms with van der Waals surface area (Å²) in [5, 5.41) is 4.92. The van der Waals surface area contributed by atoms with Gasteiger partial charge >= 0.3 is 0 Å². The highest BCUT2D eigenvalue weighted by Crippen LogP contribution is 2.54. The lowest BCUT2D eigenvalue weighted by Gasteiger charge is -2.22. The molecule has 11 rings (SSSR count). The maximum absolute atomic E-state index is 5.31. The van der Waals surface area contributed by atoms with Crippen LogP contribution in [0.25, 0.3) is 88.8 Å². The highest BCUT2D eigenvalue weighted by molar-refractivity contribution is 6.00. The summed E-state index contributed by atoms with van der Waals surface area (Å²) in [6.45, 7) is 9.39. The second-order valence-electron chi connectivity index (χ2n) is 16.6. The fraction of sp³-hybridized carbons (Fsp3) is 0.111. The third-order valence-corrected chi connectivity index (χ3v) is 12.7. The number of benzene rings is 8. The predicted octanol–water partition coefficient (Wildman–Crippen LogP) is 14.1. The summed E-state index contributed by atoms with van der Waals surface area (Å²) in [6, 6.07) is 62.1. The topological polar surface area (TPSA) is 25.8 Å². The Morgan fingerprint density at radius 3 is 1.62 bits per heavy atom. The Hall–Kier alpha value is -6.64. The lowest BCUT2D eigenvalue weighted by Crippen LogP contribution is -2.14. The molecular weight excluding hydrogens is 677 g/mol. The molecule has 0 fully saturated rings. The third kappa shape index (κ3) is 4.82. The first-order valence-corrected chi connectivity index (χ1v) is 19.7. The molecule has 1 aromatic heterocycles. The summed E-state index contributed by atoms with van der Waals surface area (Å²) in [5.74, 6) is 0.725. The van der Waals surface area contributed by atoms with Gasteiger partial charge in [0.25, 0.3) is 0 Å². The van der Waals surface area contributed by atoms with Crippen molar-refractivity contribution in [1.82, 2.24) is 9.97 Å². The Kier molecular flexibility index (Phi) is 6.98. The largest absolute Gasteiger partial charge is 0.228 e. The minimum atomic E-state index is -0.139. The van der Waals surface area contributed by atoms with E-state index in [1.807, 2.05) is 6.07 Å². The number of aromatic nitrogens is 2. The first kappa shape index (κ1) is 32.8. The summed E-state index contributed by atoms with van der Waals surface area (Å²) in [7, 11) is 0. The van der Waals surface area contributed by atoms with E-state index in [1.54, 1.807) is 0 Å². The third-order valence-electron chi connectivity index (χ3n) is 12.7. The van der Waals surface area contributed by atoms with E-state index in [2.05, 4.69) is 191 Å². The van der Waals surface area contributed by atoms with Crippen LogP contribution in [0.3, 0.4) is 0 Å². The van der Waals surface area contributed by atoms with Crippen molar-refractivity contribution in [1.29, 1.82) is 0 Å². The van der Waals surface area contributed by atoms with Gasteiger partial charge in [0.15, 0.2) is 5.82 Å². The molecule has 0 N–H and O–H groups in total. The number of rotatable bonds is 4. The quantitative estimate of drug-likeness (QED) is 0.181. The predicted molar refractivity (Wildman–Crippen MR) is 234 cm³/mol. The van der Waals surface area contributed by atoms with Gasteiger partial charge in [-0.25, -0.2) is 9.97 Å². The molecule has 1 heterocycles. The van der Waals surface area contributed by atoms with Crippen LogP contribution in [-0.4, -0.2) is 9.97 Å². The van der Waals surface area contributed by atoms with E-state index in [9.17, 15) is 0 Å². The molecule has 0 saturated carbocycles. The zero-order chi connectivity index (χ0) is 37.8. The molecular formula is C54H40N2. The highest BCUT2D eigenvalue weighted by Gasteiger charge is 2.38. The summed E-state index contributed by atoms with van der Waals surface area (Å²) in [6.07, 6.45) is 0. The number of fused-ring (bicyclic) bond motifs is 8. The standard InChI is InChI=1S/C54H40N2/c1-53(2)44-21-11-10-18-41(44)50-40(19-12-22-45(50)53)38-26-24-37-29-39(27-25-36(37)28-38)48-32-49(56-52(55-48)33-14-6-5-7-15-33)42-20-13-23-46-51(42)43-30-34-16-8-9-17-35(34)31-47(43)54(46,3)4/h5-32H,1-4H3. The van der Waals surface area contributed by atoms with Gasteiger partial charge in [0.05, 0.1) is 11.4 Å². The fourth-order valence-corrected chi connectivity index (χ4v) is 9.70. The van der Waals surface area contributed by atoms with Gasteiger partial charge in [-0.05, 0) is 108 Å². The molecule has 0 atom stereocenters. The van der Waals surface area contributed by atoms with Crippen molar-refractivity contribution in [3.63, 3.8) is 0 Å². The molecule has 2 heteroatoms. The minimum absolute atomic E-state index is 0.0313. The van der Waals surface area contributed by atoms with E-state index < -0.39 is 0 Å². The van der Waals surface area contributed by atoms with Crippen LogP contribution in [0, 0.1) is 0 Å². The number of nitrogens with zero attached hydrogens (tertiary/aromatic N) is 2. The molecule has 0 bridgehead atoms. The van der Waals surface area contributed by atoms with E-state index in [4.69, 9.17) is 9.97 Å². The van der Waals surface area contributed by atoms with Crippen molar-refractivity contribution < 1.29 is 0 Å². The number of hydrogen-bond acceptors (Lipinski definition) is 2. The Balaban J connectivity index is 1.05. The minimum Gasteiger partial charge on any atom is -0.228 e. The summed E-state index contributed by atoms with van der Waals surface area (Å²) >= 11 is 0. The molecule has 2 nitrogen and oxygen atoms in total. The molecule has 0 radical (unpaired) electrons. The van der Waals surface area contributed by atoms with E-state index in [0.717, 1.165) is 33.9 Å². The Bertz CT molecular complexity index is 3080. The smallest absolute Gasteiger partial charge is 0.160 e. The number of hydrogen-bond donors (Lipinski definition) is 0. The molecule has 0 aliphatic heterocycles.